The number of carboxylic acid groups (broad SMARTS) is 1. The van der Waals surface area contributed by atoms with E-state index in [0.29, 0.717) is 28.6 Å². The Labute approximate surface area is 128 Å². The molecule has 2 N–H and O–H groups in total. The molecule has 0 radical (unpaired) electrons. The Kier molecular flexibility index (Phi) is 3.32. The summed E-state index contributed by atoms with van der Waals surface area (Å²) in [5.74, 6) is -1.03. The number of pyridine rings is 1. The molecule has 116 valence electrons. The van der Waals surface area contributed by atoms with Gasteiger partial charge in [-0.25, -0.2) is 13.2 Å². The molecule has 7 heteroatoms. The van der Waals surface area contributed by atoms with Gasteiger partial charge in [-0.05, 0) is 38.0 Å². The third-order valence-electron chi connectivity index (χ3n) is 3.72. The summed E-state index contributed by atoms with van der Waals surface area (Å²) in [4.78, 5) is 15.9. The summed E-state index contributed by atoms with van der Waals surface area (Å²) in [5.41, 5.74) is 1.76. The predicted octanol–water partition coefficient (Wildman–Crippen LogP) is 2.08. The highest BCUT2D eigenvalue weighted by Crippen LogP contribution is 2.37. The van der Waals surface area contributed by atoms with Crippen LogP contribution in [-0.2, 0) is 16.3 Å². The van der Waals surface area contributed by atoms with Gasteiger partial charge in [-0.1, -0.05) is 0 Å². The monoisotopic (exact) mass is 320 g/mol. The van der Waals surface area contributed by atoms with Crippen molar-refractivity contribution in [3.05, 3.63) is 29.5 Å². The van der Waals surface area contributed by atoms with E-state index in [2.05, 4.69) is 10.3 Å². The van der Waals surface area contributed by atoms with Crippen LogP contribution in [0.2, 0.25) is 0 Å². The first-order chi connectivity index (χ1) is 10.3. The van der Waals surface area contributed by atoms with E-state index >= 15 is 0 Å². The molecule has 0 amide bonds. The molecule has 0 aliphatic carbocycles. The molecule has 0 saturated carbocycles. The fourth-order valence-corrected chi connectivity index (χ4v) is 4.37. The number of fused-ring (bicyclic) bond motifs is 3. The summed E-state index contributed by atoms with van der Waals surface area (Å²) in [5, 5.41) is 13.1. The van der Waals surface area contributed by atoms with Crippen molar-refractivity contribution in [1.29, 1.82) is 0 Å². The number of carbonyl (C=O) groups is 1. The van der Waals surface area contributed by atoms with Crippen molar-refractivity contribution in [2.75, 3.05) is 11.1 Å². The van der Waals surface area contributed by atoms with Gasteiger partial charge in [0.25, 0.3) is 0 Å². The van der Waals surface area contributed by atoms with Crippen molar-refractivity contribution in [1.82, 2.24) is 4.98 Å². The van der Waals surface area contributed by atoms with E-state index in [9.17, 15) is 18.3 Å². The molecule has 0 fully saturated rings. The van der Waals surface area contributed by atoms with Crippen LogP contribution in [0.1, 0.15) is 29.8 Å². The van der Waals surface area contributed by atoms with E-state index in [4.69, 9.17) is 0 Å². The van der Waals surface area contributed by atoms with Crippen molar-refractivity contribution in [2.45, 2.75) is 31.2 Å². The second-order valence-electron chi connectivity index (χ2n) is 5.66. The second kappa shape index (κ2) is 4.95. The van der Waals surface area contributed by atoms with Gasteiger partial charge < -0.3 is 10.4 Å². The summed E-state index contributed by atoms with van der Waals surface area (Å²) in [6.07, 6.45) is 1.69. The SMILES string of the molecule is CC(C)Nc1c(C(=O)O)cnc2ccc3c(c12)CCS3(=O)=O. The summed E-state index contributed by atoms with van der Waals surface area (Å²) < 4.78 is 24.2. The smallest absolute Gasteiger partial charge is 0.339 e. The van der Waals surface area contributed by atoms with Crippen LogP contribution in [0.5, 0.6) is 0 Å². The molecular weight excluding hydrogens is 304 g/mol. The molecule has 3 rings (SSSR count). The van der Waals surface area contributed by atoms with E-state index in [0.717, 1.165) is 0 Å². The van der Waals surface area contributed by atoms with E-state index in [1.54, 1.807) is 12.1 Å². The van der Waals surface area contributed by atoms with Crippen LogP contribution in [0.3, 0.4) is 0 Å². The van der Waals surface area contributed by atoms with Crippen molar-refractivity contribution in [3.8, 4) is 0 Å². The Morgan fingerprint density at radius 2 is 2.09 bits per heavy atom. The van der Waals surface area contributed by atoms with E-state index in [1.165, 1.54) is 6.20 Å². The first kappa shape index (κ1) is 14.8. The predicted molar refractivity (Wildman–Crippen MR) is 83.2 cm³/mol. The van der Waals surface area contributed by atoms with Gasteiger partial charge in [-0.3, -0.25) is 4.98 Å². The van der Waals surface area contributed by atoms with Crippen molar-refractivity contribution < 1.29 is 18.3 Å². The third-order valence-corrected chi connectivity index (χ3v) is 5.51. The largest absolute Gasteiger partial charge is 0.478 e. The van der Waals surface area contributed by atoms with Crippen LogP contribution in [0.15, 0.2) is 23.2 Å². The number of anilines is 1. The third kappa shape index (κ3) is 2.21. The molecule has 0 unspecified atom stereocenters. The van der Waals surface area contributed by atoms with Gasteiger partial charge in [0.05, 0.1) is 21.9 Å². The van der Waals surface area contributed by atoms with E-state index in [-0.39, 0.29) is 22.3 Å². The number of aromatic carboxylic acids is 1. The minimum atomic E-state index is -3.28. The molecule has 2 heterocycles. The first-order valence-corrected chi connectivity index (χ1v) is 8.63. The van der Waals surface area contributed by atoms with Crippen LogP contribution in [-0.4, -0.2) is 36.3 Å². The number of carboxylic acids is 1. The number of hydrogen-bond acceptors (Lipinski definition) is 5. The van der Waals surface area contributed by atoms with Crippen LogP contribution >= 0.6 is 0 Å². The van der Waals surface area contributed by atoms with Gasteiger partial charge in [0.2, 0.25) is 0 Å². The summed E-state index contributed by atoms with van der Waals surface area (Å²) >= 11 is 0. The number of benzene rings is 1. The van der Waals surface area contributed by atoms with Gasteiger partial charge >= 0.3 is 5.97 Å². The Morgan fingerprint density at radius 3 is 2.73 bits per heavy atom. The highest BCUT2D eigenvalue weighted by atomic mass is 32.2. The topological polar surface area (TPSA) is 96.4 Å². The van der Waals surface area contributed by atoms with Crippen LogP contribution < -0.4 is 5.32 Å². The fourth-order valence-electron chi connectivity index (χ4n) is 2.82. The molecule has 1 aliphatic rings. The quantitative estimate of drug-likeness (QED) is 0.899. The molecule has 1 aromatic heterocycles. The van der Waals surface area contributed by atoms with Gasteiger partial charge in [-0.15, -0.1) is 0 Å². The zero-order valence-electron chi connectivity index (χ0n) is 12.3. The lowest BCUT2D eigenvalue weighted by Gasteiger charge is -2.17. The number of nitrogens with zero attached hydrogens (tertiary/aromatic N) is 1. The average Bonchev–Trinajstić information content (AvgIpc) is 2.73. The zero-order valence-corrected chi connectivity index (χ0v) is 13.1. The molecule has 0 atom stereocenters. The van der Waals surface area contributed by atoms with Gasteiger partial charge in [0.1, 0.15) is 5.56 Å². The first-order valence-electron chi connectivity index (χ1n) is 6.98. The average molecular weight is 320 g/mol. The molecule has 2 aromatic rings. The fraction of sp³-hybridized carbons (Fsp3) is 0.333. The Morgan fingerprint density at radius 1 is 1.36 bits per heavy atom. The maximum Gasteiger partial charge on any atom is 0.339 e. The number of sulfone groups is 1. The number of rotatable bonds is 3. The molecule has 1 aliphatic heterocycles. The van der Waals surface area contributed by atoms with Crippen molar-refractivity contribution >= 4 is 32.4 Å². The van der Waals surface area contributed by atoms with Crippen LogP contribution in [0.25, 0.3) is 10.9 Å². The van der Waals surface area contributed by atoms with Gasteiger partial charge in [0, 0.05) is 17.6 Å². The number of hydrogen-bond donors (Lipinski definition) is 2. The molecule has 0 saturated heterocycles. The standard InChI is InChI=1S/C15H16N2O4S/c1-8(2)17-14-10(15(18)19)7-16-11-3-4-12-9(13(11)14)5-6-22(12,20)21/h3-4,7-8H,5-6H2,1-2H3,(H,16,17)(H,18,19). The number of aryl methyl sites for hydroxylation is 1. The molecule has 22 heavy (non-hydrogen) atoms. The lowest BCUT2D eigenvalue weighted by molar-refractivity contribution is 0.0697. The maximum atomic E-state index is 12.1. The van der Waals surface area contributed by atoms with Crippen LogP contribution in [0, 0.1) is 0 Å². The highest BCUT2D eigenvalue weighted by Gasteiger charge is 2.30. The Bertz CT molecular complexity index is 888. The molecular formula is C15H16N2O4S. The minimum Gasteiger partial charge on any atom is -0.478 e. The Hall–Kier alpha value is -2.15. The van der Waals surface area contributed by atoms with E-state index < -0.39 is 15.8 Å². The number of aromatic nitrogens is 1. The lowest BCUT2D eigenvalue weighted by atomic mass is 10.0. The van der Waals surface area contributed by atoms with Gasteiger partial charge in [-0.2, -0.15) is 0 Å². The zero-order chi connectivity index (χ0) is 16.1. The minimum absolute atomic E-state index is 0.0116. The van der Waals surface area contributed by atoms with Crippen molar-refractivity contribution in [2.24, 2.45) is 0 Å². The summed E-state index contributed by atoms with van der Waals surface area (Å²) in [6, 6.07) is 3.21. The van der Waals surface area contributed by atoms with Gasteiger partial charge in [0.15, 0.2) is 9.84 Å². The summed E-state index contributed by atoms with van der Waals surface area (Å²) in [6.45, 7) is 3.80. The van der Waals surface area contributed by atoms with E-state index in [1.807, 2.05) is 13.8 Å². The Balaban J connectivity index is 2.42. The number of nitrogens with one attached hydrogen (secondary N) is 1. The molecule has 0 bridgehead atoms. The lowest BCUT2D eigenvalue weighted by Crippen LogP contribution is -2.15. The van der Waals surface area contributed by atoms with Crippen molar-refractivity contribution in [3.63, 3.8) is 0 Å². The van der Waals surface area contributed by atoms with Crippen LogP contribution in [0.4, 0.5) is 5.69 Å². The molecule has 0 spiro atoms. The highest BCUT2D eigenvalue weighted by molar-refractivity contribution is 7.91. The maximum absolute atomic E-state index is 12.1. The second-order valence-corrected chi connectivity index (χ2v) is 7.73. The molecule has 6 nitrogen and oxygen atoms in total. The summed E-state index contributed by atoms with van der Waals surface area (Å²) in [7, 11) is -3.28. The normalized spacial score (nSPS) is 16.0. The molecule has 1 aromatic carbocycles.